The molecule has 2 amide bonds. The number of halogens is 4. The monoisotopic (exact) mass is 539 g/mol. The Morgan fingerprint density at radius 1 is 1.24 bits per heavy atom. The molecule has 10 nitrogen and oxygen atoms in total. The van der Waals surface area contributed by atoms with Gasteiger partial charge in [0.1, 0.15) is 17.1 Å². The van der Waals surface area contributed by atoms with Crippen LogP contribution >= 0.6 is 0 Å². The molecule has 14 heteroatoms. The van der Waals surface area contributed by atoms with Gasteiger partial charge in [0.15, 0.2) is 5.82 Å². The van der Waals surface area contributed by atoms with Crippen LogP contribution in [0.1, 0.15) is 51.7 Å². The van der Waals surface area contributed by atoms with E-state index in [9.17, 15) is 32.9 Å². The van der Waals surface area contributed by atoms with Crippen molar-refractivity contribution in [2.45, 2.75) is 51.7 Å². The number of aliphatic imine (C=N–C) groups is 1. The summed E-state index contributed by atoms with van der Waals surface area (Å²) in [6, 6.07) is 4.89. The van der Waals surface area contributed by atoms with Crippen molar-refractivity contribution in [3.63, 3.8) is 0 Å². The summed E-state index contributed by atoms with van der Waals surface area (Å²) in [7, 11) is 1.35. The van der Waals surface area contributed by atoms with Gasteiger partial charge in [0, 0.05) is 18.7 Å². The number of carbonyl (C=O) groups is 2. The SMILES string of the molecule is CN1C(=O)C[C@@](C)(c2cccc(Nc3c([N+](=O)[O-])ccc(F)c3C(F)F)c2F)N=C1NC(=O)OC(C)(C)C. The number of amides is 2. The van der Waals surface area contributed by atoms with Gasteiger partial charge in [-0.3, -0.25) is 25.1 Å². The van der Waals surface area contributed by atoms with E-state index < -0.39 is 68.7 Å². The van der Waals surface area contributed by atoms with E-state index in [1.54, 1.807) is 20.8 Å². The van der Waals surface area contributed by atoms with Crippen molar-refractivity contribution in [2.75, 3.05) is 12.4 Å². The summed E-state index contributed by atoms with van der Waals surface area (Å²) in [5.41, 5.74) is -6.24. The number of nitro benzene ring substituents is 1. The number of hydrogen-bond donors (Lipinski definition) is 2. The lowest BCUT2D eigenvalue weighted by molar-refractivity contribution is -0.384. The Balaban J connectivity index is 2.08. The molecule has 2 N–H and O–H groups in total. The summed E-state index contributed by atoms with van der Waals surface area (Å²) < 4.78 is 62.3. The molecule has 0 spiro atoms. The van der Waals surface area contributed by atoms with Crippen molar-refractivity contribution < 1.29 is 36.8 Å². The van der Waals surface area contributed by atoms with Gasteiger partial charge in [0.2, 0.25) is 11.9 Å². The van der Waals surface area contributed by atoms with Crippen LogP contribution < -0.4 is 10.6 Å². The Kier molecular flexibility index (Phi) is 7.65. The third kappa shape index (κ3) is 5.84. The van der Waals surface area contributed by atoms with Crippen molar-refractivity contribution in [2.24, 2.45) is 4.99 Å². The highest BCUT2D eigenvalue weighted by Gasteiger charge is 2.40. The maximum atomic E-state index is 15.8. The smallest absolute Gasteiger partial charge is 0.414 e. The van der Waals surface area contributed by atoms with Crippen LogP contribution in [-0.2, 0) is 15.1 Å². The third-order valence-corrected chi connectivity index (χ3v) is 5.58. The van der Waals surface area contributed by atoms with Gasteiger partial charge in [-0.1, -0.05) is 12.1 Å². The second kappa shape index (κ2) is 10.3. The highest BCUT2D eigenvalue weighted by molar-refractivity contribution is 6.05. The second-order valence-corrected chi connectivity index (χ2v) is 9.67. The number of nitrogens with one attached hydrogen (secondary N) is 2. The molecule has 1 heterocycles. The van der Waals surface area contributed by atoms with E-state index >= 15 is 4.39 Å². The van der Waals surface area contributed by atoms with Crippen LogP contribution in [0.5, 0.6) is 0 Å². The first-order chi connectivity index (χ1) is 17.5. The van der Waals surface area contributed by atoms with Gasteiger partial charge < -0.3 is 10.1 Å². The van der Waals surface area contributed by atoms with E-state index in [-0.39, 0.29) is 17.9 Å². The van der Waals surface area contributed by atoms with Crippen molar-refractivity contribution in [3.05, 3.63) is 63.2 Å². The zero-order chi connectivity index (χ0) is 28.6. The van der Waals surface area contributed by atoms with Gasteiger partial charge in [-0.25, -0.2) is 27.3 Å². The Morgan fingerprint density at radius 2 is 1.89 bits per heavy atom. The number of alkyl carbamates (subject to hydrolysis) is 1. The predicted molar refractivity (Wildman–Crippen MR) is 129 cm³/mol. The normalized spacial score (nSPS) is 17.8. The van der Waals surface area contributed by atoms with Crippen molar-refractivity contribution in [1.29, 1.82) is 0 Å². The van der Waals surface area contributed by atoms with Gasteiger partial charge in [-0.15, -0.1) is 0 Å². The van der Waals surface area contributed by atoms with E-state index in [1.807, 2.05) is 0 Å². The minimum atomic E-state index is -3.45. The molecule has 0 unspecified atom stereocenters. The number of anilines is 2. The Morgan fingerprint density at radius 3 is 2.47 bits per heavy atom. The summed E-state index contributed by atoms with van der Waals surface area (Å²) in [6.07, 6.45) is -4.70. The van der Waals surface area contributed by atoms with E-state index in [4.69, 9.17) is 4.74 Å². The van der Waals surface area contributed by atoms with Gasteiger partial charge in [-0.05, 0) is 39.8 Å². The first-order valence-electron chi connectivity index (χ1n) is 11.2. The number of hydrogen-bond acceptors (Lipinski definition) is 7. The Bertz CT molecular complexity index is 1330. The lowest BCUT2D eigenvalue weighted by Gasteiger charge is -2.35. The Hall–Kier alpha value is -4.23. The third-order valence-electron chi connectivity index (χ3n) is 5.58. The zero-order valence-corrected chi connectivity index (χ0v) is 21.1. The summed E-state index contributed by atoms with van der Waals surface area (Å²) >= 11 is 0. The predicted octanol–water partition coefficient (Wildman–Crippen LogP) is 5.51. The number of benzene rings is 2. The van der Waals surface area contributed by atoms with Gasteiger partial charge in [0.25, 0.3) is 12.1 Å². The second-order valence-electron chi connectivity index (χ2n) is 9.67. The van der Waals surface area contributed by atoms with Gasteiger partial charge >= 0.3 is 6.09 Å². The molecule has 204 valence electrons. The fraction of sp³-hybridized carbons (Fsp3) is 0.375. The highest BCUT2D eigenvalue weighted by Crippen LogP contribution is 2.41. The Labute approximate surface area is 214 Å². The quantitative estimate of drug-likeness (QED) is 0.293. The zero-order valence-electron chi connectivity index (χ0n) is 21.1. The minimum absolute atomic E-state index is 0.190. The van der Waals surface area contributed by atoms with Crippen LogP contribution in [-0.4, -0.2) is 40.4 Å². The lowest BCUT2D eigenvalue weighted by Crippen LogP contribution is -2.52. The molecule has 1 aliphatic heterocycles. The molecule has 3 rings (SSSR count). The summed E-state index contributed by atoms with van der Waals surface area (Å²) in [5, 5.41) is 16.0. The number of nitrogens with zero attached hydrogens (tertiary/aromatic N) is 3. The van der Waals surface area contributed by atoms with E-state index in [2.05, 4.69) is 15.6 Å². The molecule has 2 aromatic rings. The first-order valence-corrected chi connectivity index (χ1v) is 11.2. The molecular formula is C24H25F4N5O5. The van der Waals surface area contributed by atoms with Crippen LogP contribution in [0.15, 0.2) is 35.3 Å². The highest BCUT2D eigenvalue weighted by atomic mass is 19.3. The van der Waals surface area contributed by atoms with Gasteiger partial charge in [-0.2, -0.15) is 0 Å². The standard InChI is InChI=1S/C24H25F4N5O5/c1-23(2,3)38-22(35)30-21-31-24(4,11-16(34)32(21)5)12-7-6-8-14(18(12)26)29-19-15(33(36)37)10-9-13(25)17(19)20(27)28/h6-10,20,29H,11H2,1-5H3,(H,30,31,35)/t24-/m0/s1. The molecule has 0 radical (unpaired) electrons. The number of nitro groups is 1. The van der Waals surface area contributed by atoms with Crippen LogP contribution in [0.25, 0.3) is 0 Å². The van der Waals surface area contributed by atoms with E-state index in [0.717, 1.165) is 11.0 Å². The van der Waals surface area contributed by atoms with Crippen LogP contribution in [0.4, 0.5) is 39.4 Å². The maximum absolute atomic E-state index is 15.8. The van der Waals surface area contributed by atoms with Gasteiger partial charge in [0.05, 0.1) is 28.1 Å². The fourth-order valence-corrected chi connectivity index (χ4v) is 3.80. The minimum Gasteiger partial charge on any atom is -0.444 e. The number of alkyl halides is 2. The lowest BCUT2D eigenvalue weighted by atomic mass is 9.86. The number of rotatable bonds is 5. The van der Waals surface area contributed by atoms with Crippen LogP contribution in [0.2, 0.25) is 0 Å². The van der Waals surface area contributed by atoms with E-state index in [1.165, 1.54) is 26.1 Å². The molecular weight excluding hydrogens is 514 g/mol. The largest absolute Gasteiger partial charge is 0.444 e. The van der Waals surface area contributed by atoms with Crippen molar-refractivity contribution in [1.82, 2.24) is 10.2 Å². The van der Waals surface area contributed by atoms with Crippen LogP contribution in [0.3, 0.4) is 0 Å². The average molecular weight is 539 g/mol. The molecule has 1 atom stereocenters. The number of carbonyl (C=O) groups excluding carboxylic acids is 2. The average Bonchev–Trinajstić information content (AvgIpc) is 2.76. The molecule has 0 fully saturated rings. The summed E-state index contributed by atoms with van der Waals surface area (Å²) in [6.45, 7) is 6.30. The van der Waals surface area contributed by atoms with Crippen molar-refractivity contribution in [3.8, 4) is 0 Å². The molecule has 0 aromatic heterocycles. The number of guanidine groups is 1. The van der Waals surface area contributed by atoms with Crippen molar-refractivity contribution >= 4 is 35.0 Å². The van der Waals surface area contributed by atoms with E-state index in [0.29, 0.717) is 12.1 Å². The summed E-state index contributed by atoms with van der Waals surface area (Å²) in [5.74, 6) is -3.25. The molecule has 0 aliphatic carbocycles. The summed E-state index contributed by atoms with van der Waals surface area (Å²) in [4.78, 5) is 40.8. The molecule has 0 bridgehead atoms. The fourth-order valence-electron chi connectivity index (χ4n) is 3.80. The molecule has 2 aromatic carbocycles. The van der Waals surface area contributed by atoms with Crippen LogP contribution in [0, 0.1) is 21.7 Å². The maximum Gasteiger partial charge on any atom is 0.414 e. The first kappa shape index (κ1) is 28.3. The number of ether oxygens (including phenoxy) is 1. The molecule has 1 aliphatic rings. The topological polar surface area (TPSA) is 126 Å². The molecule has 0 saturated heterocycles. The molecule has 0 saturated carbocycles. The molecule has 38 heavy (non-hydrogen) atoms.